The number of rotatable bonds is 3. The summed E-state index contributed by atoms with van der Waals surface area (Å²) in [6.45, 7) is 1.83. The van der Waals surface area contributed by atoms with Gasteiger partial charge in [0.25, 0.3) is 5.69 Å². The molecule has 1 heterocycles. The number of ketones is 1. The molecule has 2 aromatic carbocycles. The van der Waals surface area contributed by atoms with Crippen molar-refractivity contribution < 1.29 is 19.2 Å². The van der Waals surface area contributed by atoms with E-state index in [1.54, 1.807) is 18.2 Å². The Bertz CT molecular complexity index is 1080. The SMILES string of the molecule is COC(=O)[C@@H]1C(=O)C2=C(C[C@@H]1C)Nc1ccccc1N[C@H]2c1ccccc1[N+](=O)[O-]. The van der Waals surface area contributed by atoms with E-state index in [4.69, 9.17) is 4.74 Å². The van der Waals surface area contributed by atoms with E-state index in [0.29, 0.717) is 28.9 Å². The summed E-state index contributed by atoms with van der Waals surface area (Å²) in [4.78, 5) is 37.1. The Morgan fingerprint density at radius 3 is 2.50 bits per heavy atom. The zero-order chi connectivity index (χ0) is 21.4. The summed E-state index contributed by atoms with van der Waals surface area (Å²) >= 11 is 0. The lowest BCUT2D eigenvalue weighted by molar-refractivity contribution is -0.385. The molecular formula is C22H21N3O5. The fourth-order valence-electron chi connectivity index (χ4n) is 4.26. The number of benzene rings is 2. The van der Waals surface area contributed by atoms with Gasteiger partial charge in [-0.2, -0.15) is 0 Å². The molecule has 8 nitrogen and oxygen atoms in total. The van der Waals surface area contributed by atoms with Gasteiger partial charge in [-0.25, -0.2) is 0 Å². The number of nitrogens with zero attached hydrogens (tertiary/aromatic N) is 1. The van der Waals surface area contributed by atoms with Crippen molar-refractivity contribution in [2.24, 2.45) is 11.8 Å². The third-order valence-electron chi connectivity index (χ3n) is 5.67. The van der Waals surface area contributed by atoms with Gasteiger partial charge in [-0.3, -0.25) is 19.7 Å². The van der Waals surface area contributed by atoms with Crippen LogP contribution in [0, 0.1) is 22.0 Å². The predicted octanol–water partition coefficient (Wildman–Crippen LogP) is 3.83. The Labute approximate surface area is 173 Å². The summed E-state index contributed by atoms with van der Waals surface area (Å²) in [5.74, 6) is -2.20. The fourth-order valence-corrected chi connectivity index (χ4v) is 4.26. The standard InChI is InChI=1S/C22H21N3O5/c1-12-11-16-19(21(26)18(12)22(27)30-2)20(13-7-3-6-10-17(13)25(28)29)24-15-9-5-4-8-14(15)23-16/h3-10,12,18,20,23-24H,11H2,1-2H3/t12-,18-,20-/m0/s1. The maximum atomic E-state index is 13.5. The Morgan fingerprint density at radius 2 is 1.80 bits per heavy atom. The van der Waals surface area contributed by atoms with Crippen LogP contribution in [0.15, 0.2) is 59.8 Å². The molecule has 1 aliphatic carbocycles. The van der Waals surface area contributed by atoms with Crippen LogP contribution in [-0.4, -0.2) is 23.8 Å². The maximum absolute atomic E-state index is 13.5. The molecule has 30 heavy (non-hydrogen) atoms. The van der Waals surface area contributed by atoms with Gasteiger partial charge in [-0.05, 0) is 30.5 Å². The average Bonchev–Trinajstić information content (AvgIpc) is 2.90. The van der Waals surface area contributed by atoms with Gasteiger partial charge >= 0.3 is 5.97 Å². The maximum Gasteiger partial charge on any atom is 0.316 e. The predicted molar refractivity (Wildman–Crippen MR) is 111 cm³/mol. The average molecular weight is 407 g/mol. The minimum absolute atomic E-state index is 0.0951. The highest BCUT2D eigenvalue weighted by molar-refractivity contribution is 6.11. The van der Waals surface area contributed by atoms with E-state index in [9.17, 15) is 19.7 Å². The van der Waals surface area contributed by atoms with Gasteiger partial charge in [0.15, 0.2) is 5.78 Å². The molecule has 0 unspecified atom stereocenters. The molecule has 0 saturated heterocycles. The third-order valence-corrected chi connectivity index (χ3v) is 5.67. The van der Waals surface area contributed by atoms with E-state index in [-0.39, 0.29) is 17.4 Å². The highest BCUT2D eigenvalue weighted by Gasteiger charge is 2.45. The largest absolute Gasteiger partial charge is 0.468 e. The summed E-state index contributed by atoms with van der Waals surface area (Å²) in [5.41, 5.74) is 2.73. The summed E-state index contributed by atoms with van der Waals surface area (Å²) in [5, 5.41) is 18.3. The first-order valence-corrected chi connectivity index (χ1v) is 9.63. The third kappa shape index (κ3) is 3.20. The van der Waals surface area contributed by atoms with Crippen molar-refractivity contribution >= 4 is 28.8 Å². The lowest BCUT2D eigenvalue weighted by Crippen LogP contribution is -2.39. The monoisotopic (exact) mass is 407 g/mol. The Balaban J connectivity index is 1.93. The molecule has 0 saturated carbocycles. The van der Waals surface area contributed by atoms with Crippen molar-refractivity contribution in [2.45, 2.75) is 19.4 Å². The highest BCUT2D eigenvalue weighted by atomic mass is 16.6. The lowest BCUT2D eigenvalue weighted by atomic mass is 9.74. The molecule has 0 bridgehead atoms. The molecule has 0 spiro atoms. The molecule has 0 amide bonds. The van der Waals surface area contributed by atoms with Gasteiger partial charge < -0.3 is 15.4 Å². The van der Waals surface area contributed by atoms with Crippen molar-refractivity contribution in [1.82, 2.24) is 0 Å². The number of nitrogens with one attached hydrogen (secondary N) is 2. The second kappa shape index (κ2) is 7.62. The molecule has 2 aromatic rings. The summed E-state index contributed by atoms with van der Waals surface area (Å²) in [6, 6.07) is 13.0. The number of ether oxygens (including phenoxy) is 1. The van der Waals surface area contributed by atoms with Gasteiger partial charge in [0.05, 0.1) is 35.0 Å². The molecule has 154 valence electrons. The van der Waals surface area contributed by atoms with Crippen LogP contribution in [0.2, 0.25) is 0 Å². The zero-order valence-electron chi connectivity index (χ0n) is 16.5. The minimum Gasteiger partial charge on any atom is -0.468 e. The number of carbonyl (C=O) groups excluding carboxylic acids is 2. The second-order valence-corrected chi connectivity index (χ2v) is 7.50. The molecule has 2 aliphatic rings. The van der Waals surface area contributed by atoms with Crippen LogP contribution < -0.4 is 10.6 Å². The topological polar surface area (TPSA) is 111 Å². The van der Waals surface area contributed by atoms with Gasteiger partial charge in [-0.15, -0.1) is 0 Å². The Hall–Kier alpha value is -3.68. The summed E-state index contributed by atoms with van der Waals surface area (Å²) < 4.78 is 4.87. The second-order valence-electron chi connectivity index (χ2n) is 7.50. The summed E-state index contributed by atoms with van der Waals surface area (Å²) in [6.07, 6.45) is 0.438. The molecule has 2 N–H and O–H groups in total. The smallest absolute Gasteiger partial charge is 0.316 e. The number of carbonyl (C=O) groups is 2. The van der Waals surface area contributed by atoms with E-state index < -0.39 is 22.9 Å². The normalized spacial score (nSPS) is 22.7. The Morgan fingerprint density at radius 1 is 1.13 bits per heavy atom. The van der Waals surface area contributed by atoms with Crippen LogP contribution in [0.4, 0.5) is 17.1 Å². The van der Waals surface area contributed by atoms with Crippen molar-refractivity contribution in [1.29, 1.82) is 0 Å². The molecule has 0 radical (unpaired) electrons. The number of Topliss-reactive ketones (excluding diaryl/α,β-unsaturated/α-hetero) is 1. The van der Waals surface area contributed by atoms with Gasteiger partial charge in [0.1, 0.15) is 5.92 Å². The number of anilines is 2. The quantitative estimate of drug-likeness (QED) is 0.344. The molecule has 8 heteroatoms. The highest BCUT2D eigenvalue weighted by Crippen LogP contribution is 2.45. The van der Waals surface area contributed by atoms with E-state index in [1.807, 2.05) is 31.2 Å². The van der Waals surface area contributed by atoms with E-state index in [1.165, 1.54) is 13.2 Å². The van der Waals surface area contributed by atoms with E-state index in [2.05, 4.69) is 10.6 Å². The summed E-state index contributed by atoms with van der Waals surface area (Å²) in [7, 11) is 1.26. The first kappa shape index (κ1) is 19.6. The van der Waals surface area contributed by atoms with Crippen LogP contribution in [0.1, 0.15) is 24.9 Å². The Kier molecular flexibility index (Phi) is 4.99. The minimum atomic E-state index is -0.955. The molecule has 4 rings (SSSR count). The molecular weight excluding hydrogens is 386 g/mol. The molecule has 1 aliphatic heterocycles. The van der Waals surface area contributed by atoms with E-state index in [0.717, 1.165) is 5.69 Å². The molecule has 0 fully saturated rings. The number of hydrogen-bond acceptors (Lipinski definition) is 7. The lowest BCUT2D eigenvalue weighted by Gasteiger charge is -2.32. The number of nitro benzene ring substituents is 1. The number of fused-ring (bicyclic) bond motifs is 1. The number of hydrogen-bond donors (Lipinski definition) is 2. The van der Waals surface area contributed by atoms with Gasteiger partial charge in [-0.1, -0.05) is 31.2 Å². The van der Waals surface area contributed by atoms with Crippen LogP contribution in [-0.2, 0) is 14.3 Å². The van der Waals surface area contributed by atoms with Gasteiger partial charge in [0.2, 0.25) is 0 Å². The number of nitro groups is 1. The number of methoxy groups -OCH3 is 1. The number of allylic oxidation sites excluding steroid dienone is 1. The van der Waals surface area contributed by atoms with Crippen molar-refractivity contribution in [3.05, 3.63) is 75.5 Å². The zero-order valence-corrected chi connectivity index (χ0v) is 16.5. The van der Waals surface area contributed by atoms with Crippen LogP contribution >= 0.6 is 0 Å². The van der Waals surface area contributed by atoms with Crippen molar-refractivity contribution in [3.8, 4) is 0 Å². The van der Waals surface area contributed by atoms with Crippen molar-refractivity contribution in [2.75, 3.05) is 17.7 Å². The number of esters is 1. The molecule has 3 atom stereocenters. The van der Waals surface area contributed by atoms with Gasteiger partial charge in [0, 0.05) is 17.3 Å². The molecule has 0 aromatic heterocycles. The first-order valence-electron chi connectivity index (χ1n) is 9.63. The van der Waals surface area contributed by atoms with Crippen LogP contribution in [0.25, 0.3) is 0 Å². The van der Waals surface area contributed by atoms with Crippen LogP contribution in [0.3, 0.4) is 0 Å². The van der Waals surface area contributed by atoms with E-state index >= 15 is 0 Å². The number of para-hydroxylation sites is 3. The van der Waals surface area contributed by atoms with Crippen LogP contribution in [0.5, 0.6) is 0 Å². The fraction of sp³-hybridized carbons (Fsp3) is 0.273. The van der Waals surface area contributed by atoms with Crippen molar-refractivity contribution in [3.63, 3.8) is 0 Å². The first-order chi connectivity index (χ1) is 14.4.